The third-order valence-corrected chi connectivity index (χ3v) is 2.80. The molecule has 1 amide bonds. The van der Waals surface area contributed by atoms with Crippen LogP contribution in [0.15, 0.2) is 22.7 Å². The van der Waals surface area contributed by atoms with Crippen molar-refractivity contribution in [3.05, 3.63) is 32.8 Å². The Morgan fingerprint density at radius 3 is 2.72 bits per heavy atom. The summed E-state index contributed by atoms with van der Waals surface area (Å²) in [6.07, 6.45) is 0. The van der Waals surface area contributed by atoms with Gasteiger partial charge in [0.25, 0.3) is 5.69 Å². The molecule has 98 valence electrons. The highest BCUT2D eigenvalue weighted by molar-refractivity contribution is 9.10. The van der Waals surface area contributed by atoms with Crippen LogP contribution in [0.3, 0.4) is 0 Å². The molecule has 2 N–H and O–H groups in total. The maximum Gasteiger partial charge on any atom is 0.271 e. The van der Waals surface area contributed by atoms with E-state index in [0.29, 0.717) is 10.2 Å². The minimum Gasteiger partial charge on any atom is -0.324 e. The highest BCUT2D eigenvalue weighted by Crippen LogP contribution is 2.26. The van der Waals surface area contributed by atoms with Crippen molar-refractivity contribution in [1.82, 2.24) is 5.32 Å². The second-order valence-electron chi connectivity index (χ2n) is 4.01. The summed E-state index contributed by atoms with van der Waals surface area (Å²) >= 11 is 3.23. The van der Waals surface area contributed by atoms with E-state index in [0.717, 1.165) is 0 Å². The summed E-state index contributed by atoms with van der Waals surface area (Å²) in [4.78, 5) is 21.7. The Balaban J connectivity index is 2.74. The van der Waals surface area contributed by atoms with Crippen molar-refractivity contribution in [3.63, 3.8) is 0 Å². The molecule has 1 aromatic rings. The summed E-state index contributed by atoms with van der Waals surface area (Å²) in [6, 6.07) is 4.41. The third kappa shape index (κ3) is 4.42. The number of nitro benzene ring substituents is 1. The van der Waals surface area contributed by atoms with Crippen LogP contribution in [0.5, 0.6) is 0 Å². The number of benzene rings is 1. The SMILES string of the molecule is CC(C)NCC(=O)Nc1cc([N+](=O)[O-])ccc1Br. The maximum atomic E-state index is 11.6. The number of halogens is 1. The zero-order valence-electron chi connectivity index (χ0n) is 10.1. The quantitative estimate of drug-likeness (QED) is 0.645. The molecule has 1 rings (SSSR count). The first-order chi connectivity index (χ1) is 8.40. The summed E-state index contributed by atoms with van der Waals surface area (Å²) in [5.41, 5.74) is 0.324. The van der Waals surface area contributed by atoms with Crippen LogP contribution < -0.4 is 10.6 Å². The Bertz CT molecular complexity index is 463. The second-order valence-corrected chi connectivity index (χ2v) is 4.86. The van der Waals surface area contributed by atoms with Gasteiger partial charge in [0.15, 0.2) is 0 Å². The molecule has 0 radical (unpaired) electrons. The van der Waals surface area contributed by atoms with Gasteiger partial charge in [0.1, 0.15) is 0 Å². The normalized spacial score (nSPS) is 10.4. The Morgan fingerprint density at radius 2 is 2.17 bits per heavy atom. The van der Waals surface area contributed by atoms with E-state index in [4.69, 9.17) is 0 Å². The number of amides is 1. The van der Waals surface area contributed by atoms with E-state index in [1.54, 1.807) is 0 Å². The molecule has 0 spiro atoms. The average molecular weight is 316 g/mol. The van der Waals surface area contributed by atoms with Crippen molar-refractivity contribution >= 4 is 33.2 Å². The zero-order chi connectivity index (χ0) is 13.7. The van der Waals surface area contributed by atoms with Crippen LogP contribution in [0, 0.1) is 10.1 Å². The summed E-state index contributed by atoms with van der Waals surface area (Å²) in [6.45, 7) is 4.01. The molecule has 0 saturated heterocycles. The molecular weight excluding hydrogens is 302 g/mol. The smallest absolute Gasteiger partial charge is 0.271 e. The largest absolute Gasteiger partial charge is 0.324 e. The van der Waals surface area contributed by atoms with Gasteiger partial charge < -0.3 is 10.6 Å². The number of nitrogens with one attached hydrogen (secondary N) is 2. The second kappa shape index (κ2) is 6.46. The monoisotopic (exact) mass is 315 g/mol. The molecule has 0 aliphatic heterocycles. The molecule has 7 heteroatoms. The van der Waals surface area contributed by atoms with E-state index in [-0.39, 0.29) is 24.2 Å². The number of nitrogens with zero attached hydrogens (tertiary/aromatic N) is 1. The first-order valence-corrected chi connectivity index (χ1v) is 6.16. The van der Waals surface area contributed by atoms with Gasteiger partial charge in [0.05, 0.1) is 17.2 Å². The summed E-state index contributed by atoms with van der Waals surface area (Å²) in [5, 5.41) is 16.2. The van der Waals surface area contributed by atoms with E-state index >= 15 is 0 Å². The average Bonchev–Trinajstić information content (AvgIpc) is 2.29. The van der Waals surface area contributed by atoms with Gasteiger partial charge in [-0.25, -0.2) is 0 Å². The number of anilines is 1. The minimum atomic E-state index is -0.505. The molecule has 0 atom stereocenters. The number of non-ortho nitro benzene ring substituents is 1. The van der Waals surface area contributed by atoms with E-state index in [1.807, 2.05) is 13.8 Å². The van der Waals surface area contributed by atoms with E-state index in [1.165, 1.54) is 18.2 Å². The molecule has 0 fully saturated rings. The van der Waals surface area contributed by atoms with Crippen LogP contribution in [0.25, 0.3) is 0 Å². The van der Waals surface area contributed by atoms with Crippen molar-refractivity contribution in [2.75, 3.05) is 11.9 Å². The number of carbonyl (C=O) groups is 1. The highest BCUT2D eigenvalue weighted by Gasteiger charge is 2.11. The number of hydrogen-bond acceptors (Lipinski definition) is 4. The van der Waals surface area contributed by atoms with Gasteiger partial charge in [0.2, 0.25) is 5.91 Å². The van der Waals surface area contributed by atoms with Crippen molar-refractivity contribution in [3.8, 4) is 0 Å². The molecule has 0 saturated carbocycles. The third-order valence-electron chi connectivity index (χ3n) is 2.11. The molecular formula is C11H14BrN3O3. The predicted molar refractivity (Wildman–Crippen MR) is 72.6 cm³/mol. The molecule has 0 aliphatic carbocycles. The van der Waals surface area contributed by atoms with E-state index < -0.39 is 4.92 Å². The first-order valence-electron chi connectivity index (χ1n) is 5.37. The van der Waals surface area contributed by atoms with Crippen LogP contribution in [-0.4, -0.2) is 23.4 Å². The van der Waals surface area contributed by atoms with Gasteiger partial charge in [-0.2, -0.15) is 0 Å². The lowest BCUT2D eigenvalue weighted by molar-refractivity contribution is -0.384. The fourth-order valence-electron chi connectivity index (χ4n) is 1.21. The van der Waals surface area contributed by atoms with Crippen LogP contribution in [0.4, 0.5) is 11.4 Å². The Morgan fingerprint density at radius 1 is 1.50 bits per heavy atom. The minimum absolute atomic E-state index is 0.0645. The lowest BCUT2D eigenvalue weighted by atomic mass is 10.3. The molecule has 6 nitrogen and oxygen atoms in total. The van der Waals surface area contributed by atoms with E-state index in [9.17, 15) is 14.9 Å². The zero-order valence-corrected chi connectivity index (χ0v) is 11.7. The standard InChI is InChI=1S/C11H14BrN3O3/c1-7(2)13-6-11(16)14-10-5-8(15(17)18)3-4-9(10)12/h3-5,7,13H,6H2,1-2H3,(H,14,16). The van der Waals surface area contributed by atoms with Gasteiger partial charge in [-0.05, 0) is 22.0 Å². The van der Waals surface area contributed by atoms with Crippen LogP contribution >= 0.6 is 15.9 Å². The van der Waals surface area contributed by atoms with Crippen LogP contribution in [-0.2, 0) is 4.79 Å². The van der Waals surface area contributed by atoms with Crippen molar-refractivity contribution in [1.29, 1.82) is 0 Å². The van der Waals surface area contributed by atoms with Crippen molar-refractivity contribution < 1.29 is 9.72 Å². The summed E-state index contributed by atoms with van der Waals surface area (Å²) in [5.74, 6) is -0.245. The molecule has 0 heterocycles. The van der Waals surface area contributed by atoms with Gasteiger partial charge in [0, 0.05) is 22.6 Å². The fraction of sp³-hybridized carbons (Fsp3) is 0.364. The number of carbonyl (C=O) groups excluding carboxylic acids is 1. The Labute approximate surface area is 113 Å². The Hall–Kier alpha value is -1.47. The number of hydrogen-bond donors (Lipinski definition) is 2. The first kappa shape index (κ1) is 14.6. The molecule has 0 aromatic heterocycles. The van der Waals surface area contributed by atoms with Crippen molar-refractivity contribution in [2.24, 2.45) is 0 Å². The molecule has 0 bridgehead atoms. The van der Waals surface area contributed by atoms with Gasteiger partial charge in [-0.1, -0.05) is 13.8 Å². The van der Waals surface area contributed by atoms with Gasteiger partial charge >= 0.3 is 0 Å². The fourth-order valence-corrected chi connectivity index (χ4v) is 1.56. The molecule has 18 heavy (non-hydrogen) atoms. The topological polar surface area (TPSA) is 84.3 Å². The van der Waals surface area contributed by atoms with Gasteiger partial charge in [-0.3, -0.25) is 14.9 Å². The summed E-state index contributed by atoms with van der Waals surface area (Å²) in [7, 11) is 0. The molecule has 0 unspecified atom stereocenters. The summed E-state index contributed by atoms with van der Waals surface area (Å²) < 4.78 is 0.603. The number of rotatable bonds is 5. The van der Waals surface area contributed by atoms with Crippen molar-refractivity contribution in [2.45, 2.75) is 19.9 Å². The van der Waals surface area contributed by atoms with Crippen LogP contribution in [0.1, 0.15) is 13.8 Å². The molecule has 1 aromatic carbocycles. The molecule has 0 aliphatic rings. The van der Waals surface area contributed by atoms with Crippen LogP contribution in [0.2, 0.25) is 0 Å². The number of nitro groups is 1. The van der Waals surface area contributed by atoms with Gasteiger partial charge in [-0.15, -0.1) is 0 Å². The Kier molecular flexibility index (Phi) is 5.24. The van der Waals surface area contributed by atoms with E-state index in [2.05, 4.69) is 26.6 Å². The predicted octanol–water partition coefficient (Wildman–Crippen LogP) is 2.29. The lowest BCUT2D eigenvalue weighted by Gasteiger charge is -2.10. The maximum absolute atomic E-state index is 11.6. The highest BCUT2D eigenvalue weighted by atomic mass is 79.9. The lowest BCUT2D eigenvalue weighted by Crippen LogP contribution is -2.32.